The van der Waals surface area contributed by atoms with Crippen LogP contribution in [0.2, 0.25) is 0 Å². The Balaban J connectivity index is 2.10. The van der Waals surface area contributed by atoms with Crippen LogP contribution in [0.4, 0.5) is 10.5 Å². The van der Waals surface area contributed by atoms with E-state index in [1.165, 1.54) is 4.90 Å². The molecule has 158 valence electrons. The molecule has 4 rings (SSSR count). The van der Waals surface area contributed by atoms with Gasteiger partial charge in [0.05, 0.1) is 16.9 Å². The summed E-state index contributed by atoms with van der Waals surface area (Å²) in [5.41, 5.74) is 5.81. The summed E-state index contributed by atoms with van der Waals surface area (Å²) in [6.45, 7) is 6.22. The van der Waals surface area contributed by atoms with Crippen LogP contribution >= 0.6 is 0 Å². The zero-order valence-electron chi connectivity index (χ0n) is 17.9. The van der Waals surface area contributed by atoms with Gasteiger partial charge in [-0.3, -0.25) is 9.88 Å². The minimum atomic E-state index is -1.03. The third-order valence-electron chi connectivity index (χ3n) is 5.20. The fourth-order valence-corrected chi connectivity index (χ4v) is 3.73. The third-order valence-corrected chi connectivity index (χ3v) is 5.20. The van der Waals surface area contributed by atoms with Crippen molar-refractivity contribution in [1.82, 2.24) is 25.6 Å². The zero-order valence-corrected chi connectivity index (χ0v) is 17.9. The quantitative estimate of drug-likeness (QED) is 0.488. The van der Waals surface area contributed by atoms with Crippen LogP contribution in [0, 0.1) is 12.8 Å². The van der Waals surface area contributed by atoms with E-state index in [0.717, 1.165) is 38.9 Å². The van der Waals surface area contributed by atoms with E-state index < -0.39 is 6.09 Å². The molecule has 0 unspecified atom stereocenters. The first-order valence-electron chi connectivity index (χ1n) is 10.1. The van der Waals surface area contributed by atoms with E-state index in [2.05, 4.69) is 34.5 Å². The Labute approximate surface area is 179 Å². The lowest BCUT2D eigenvalue weighted by Crippen LogP contribution is -2.26. The second-order valence-corrected chi connectivity index (χ2v) is 8.06. The lowest BCUT2D eigenvalue weighted by molar-refractivity contribution is 0.203. The van der Waals surface area contributed by atoms with Crippen LogP contribution in [0.5, 0.6) is 0 Å². The van der Waals surface area contributed by atoms with Crippen LogP contribution in [0.3, 0.4) is 0 Å². The number of hydrogen-bond acceptors (Lipinski definition) is 5. The van der Waals surface area contributed by atoms with Crippen molar-refractivity contribution in [2.75, 3.05) is 11.9 Å². The third kappa shape index (κ3) is 3.96. The minimum absolute atomic E-state index is 0.315. The van der Waals surface area contributed by atoms with E-state index in [4.69, 9.17) is 4.98 Å². The van der Waals surface area contributed by atoms with Crippen molar-refractivity contribution in [3.63, 3.8) is 0 Å². The van der Waals surface area contributed by atoms with E-state index in [1.54, 1.807) is 7.05 Å². The topological polar surface area (TPSA) is 108 Å². The summed E-state index contributed by atoms with van der Waals surface area (Å²) < 4.78 is 0. The molecule has 2 aromatic carbocycles. The molecule has 0 aliphatic rings. The normalized spacial score (nSPS) is 11.3. The molecule has 4 aromatic rings. The molecule has 1 amide bonds. The molecule has 31 heavy (non-hydrogen) atoms. The number of tetrazole rings is 1. The molecule has 0 aliphatic heterocycles. The highest BCUT2D eigenvalue weighted by molar-refractivity contribution is 6.06. The van der Waals surface area contributed by atoms with Gasteiger partial charge in [0.2, 0.25) is 5.82 Å². The van der Waals surface area contributed by atoms with E-state index in [-0.39, 0.29) is 0 Å². The minimum Gasteiger partial charge on any atom is -0.465 e. The summed E-state index contributed by atoms with van der Waals surface area (Å²) in [5, 5.41) is 25.0. The van der Waals surface area contributed by atoms with Crippen molar-refractivity contribution < 1.29 is 9.90 Å². The Morgan fingerprint density at radius 3 is 2.45 bits per heavy atom. The van der Waals surface area contributed by atoms with Gasteiger partial charge in [-0.1, -0.05) is 43.7 Å². The number of anilines is 1. The maximum Gasteiger partial charge on any atom is 0.411 e. The molecule has 8 heteroatoms. The van der Waals surface area contributed by atoms with Gasteiger partial charge in [-0.05, 0) is 48.2 Å². The number of amides is 1. The van der Waals surface area contributed by atoms with Gasteiger partial charge < -0.3 is 5.11 Å². The maximum atomic E-state index is 12.0. The average molecular weight is 416 g/mol. The number of hydrogen-bond donors (Lipinski definition) is 2. The first kappa shape index (κ1) is 20.5. The van der Waals surface area contributed by atoms with Gasteiger partial charge in [-0.15, -0.1) is 10.2 Å². The van der Waals surface area contributed by atoms with Crippen LogP contribution < -0.4 is 4.90 Å². The predicted molar refractivity (Wildman–Crippen MR) is 120 cm³/mol. The highest BCUT2D eigenvalue weighted by Gasteiger charge is 2.24. The number of carboxylic acid groups (broad SMARTS) is 1. The number of benzene rings is 2. The largest absolute Gasteiger partial charge is 0.465 e. The maximum absolute atomic E-state index is 12.0. The Morgan fingerprint density at radius 1 is 1.13 bits per heavy atom. The Kier molecular flexibility index (Phi) is 5.37. The van der Waals surface area contributed by atoms with E-state index in [1.807, 2.05) is 49.4 Å². The van der Waals surface area contributed by atoms with Gasteiger partial charge in [0.15, 0.2) is 0 Å². The number of H-pyrrole nitrogens is 1. The summed E-state index contributed by atoms with van der Waals surface area (Å²) >= 11 is 0. The molecule has 8 nitrogen and oxygen atoms in total. The van der Waals surface area contributed by atoms with Crippen LogP contribution in [0.15, 0.2) is 42.5 Å². The van der Waals surface area contributed by atoms with Gasteiger partial charge >= 0.3 is 6.09 Å². The molecule has 0 saturated heterocycles. The standard InChI is InChI=1S/C23H24N6O2/c1-13(2)11-19-21(29(4)23(30)31)20(15-7-5-14(3)6-8-15)17-12-16(9-10-18(17)24-19)22-25-27-28-26-22/h5-10,12-13H,11H2,1-4H3,(H,30,31)(H,25,26,27,28). The fraction of sp³-hybridized carbons (Fsp3) is 0.261. The van der Waals surface area contributed by atoms with Crippen molar-refractivity contribution in [3.05, 3.63) is 53.7 Å². The number of fused-ring (bicyclic) bond motifs is 1. The monoisotopic (exact) mass is 416 g/mol. The van der Waals surface area contributed by atoms with E-state index in [9.17, 15) is 9.90 Å². The number of pyridine rings is 1. The number of carbonyl (C=O) groups is 1. The number of rotatable bonds is 5. The number of nitrogens with zero attached hydrogens (tertiary/aromatic N) is 5. The second-order valence-electron chi connectivity index (χ2n) is 8.06. The fourth-order valence-electron chi connectivity index (χ4n) is 3.73. The van der Waals surface area contributed by atoms with Gasteiger partial charge in [-0.25, -0.2) is 4.79 Å². The van der Waals surface area contributed by atoms with Crippen molar-refractivity contribution in [2.24, 2.45) is 5.92 Å². The zero-order chi connectivity index (χ0) is 22.1. The average Bonchev–Trinajstić information content (AvgIpc) is 3.27. The summed E-state index contributed by atoms with van der Waals surface area (Å²) in [6.07, 6.45) is -0.372. The number of aryl methyl sites for hydroxylation is 1. The first-order chi connectivity index (χ1) is 14.8. The smallest absolute Gasteiger partial charge is 0.411 e. The molecule has 2 aromatic heterocycles. The van der Waals surface area contributed by atoms with Crippen LogP contribution in [-0.2, 0) is 6.42 Å². The molecule has 0 spiro atoms. The van der Waals surface area contributed by atoms with Crippen LogP contribution in [-0.4, -0.2) is 43.9 Å². The van der Waals surface area contributed by atoms with E-state index in [0.29, 0.717) is 23.9 Å². The van der Waals surface area contributed by atoms with Gasteiger partial charge in [-0.2, -0.15) is 5.21 Å². The second kappa shape index (κ2) is 8.14. The SMILES string of the molecule is Cc1ccc(-c2c(N(C)C(=O)O)c(CC(C)C)nc3ccc(-c4nn[nH]n4)cc23)cc1. The highest BCUT2D eigenvalue weighted by atomic mass is 16.4. The molecule has 0 saturated carbocycles. The molecule has 0 bridgehead atoms. The highest BCUT2D eigenvalue weighted by Crippen LogP contribution is 2.40. The molecule has 0 atom stereocenters. The summed E-state index contributed by atoms with van der Waals surface area (Å²) in [7, 11) is 1.57. The Hall–Kier alpha value is -3.81. The van der Waals surface area contributed by atoms with Crippen LogP contribution in [0.1, 0.15) is 25.1 Å². The molecule has 0 radical (unpaired) electrons. The lowest BCUT2D eigenvalue weighted by Gasteiger charge is -2.24. The molecule has 2 heterocycles. The first-order valence-corrected chi connectivity index (χ1v) is 10.1. The van der Waals surface area contributed by atoms with Crippen molar-refractivity contribution in [3.8, 4) is 22.5 Å². The predicted octanol–water partition coefficient (Wildman–Crippen LogP) is 4.70. The van der Waals surface area contributed by atoms with Crippen molar-refractivity contribution in [2.45, 2.75) is 27.2 Å². The number of nitrogens with one attached hydrogen (secondary N) is 1. The summed E-state index contributed by atoms with van der Waals surface area (Å²) in [5.74, 6) is 0.784. The van der Waals surface area contributed by atoms with Gasteiger partial charge in [0, 0.05) is 23.6 Å². The summed E-state index contributed by atoms with van der Waals surface area (Å²) in [6, 6.07) is 13.9. The molecule has 2 N–H and O–H groups in total. The summed E-state index contributed by atoms with van der Waals surface area (Å²) in [4.78, 5) is 18.2. The molecular weight excluding hydrogens is 392 g/mol. The van der Waals surface area contributed by atoms with Gasteiger partial charge in [0.1, 0.15) is 0 Å². The number of aromatic nitrogens is 5. The Morgan fingerprint density at radius 2 is 1.84 bits per heavy atom. The number of aromatic amines is 1. The lowest BCUT2D eigenvalue weighted by atomic mass is 9.93. The molecular formula is C23H24N6O2. The molecule has 0 fully saturated rings. The van der Waals surface area contributed by atoms with Crippen LogP contribution in [0.25, 0.3) is 33.4 Å². The molecule has 0 aliphatic carbocycles. The van der Waals surface area contributed by atoms with Gasteiger partial charge in [0.25, 0.3) is 0 Å². The van der Waals surface area contributed by atoms with Crippen molar-refractivity contribution in [1.29, 1.82) is 0 Å². The van der Waals surface area contributed by atoms with Crippen molar-refractivity contribution >= 4 is 22.7 Å². The van der Waals surface area contributed by atoms with E-state index >= 15 is 0 Å². The Bertz CT molecular complexity index is 1230.